The molecule has 2 nitrogen and oxygen atoms in total. The van der Waals surface area contributed by atoms with Crippen molar-refractivity contribution in [2.45, 2.75) is 19.3 Å². The number of benzene rings is 1. The fraction of sp³-hybridized carbons (Fsp3) is 0.500. The summed E-state index contributed by atoms with van der Waals surface area (Å²) in [5.41, 5.74) is 6.53. The molecule has 1 rings (SSSR count). The Morgan fingerprint density at radius 1 is 1.38 bits per heavy atom. The number of hydrogen-bond donors (Lipinski definition) is 2. The average Bonchev–Trinajstić information content (AvgIpc) is 2.30. The fourth-order valence-corrected chi connectivity index (χ4v) is 1.95. The molecule has 0 spiro atoms. The third kappa shape index (κ3) is 2.51. The summed E-state index contributed by atoms with van der Waals surface area (Å²) in [4.78, 5) is 0. The Kier molecular flexibility index (Phi) is 4.62. The first-order valence-corrected chi connectivity index (χ1v) is 5.97. The van der Waals surface area contributed by atoms with Crippen LogP contribution in [-0.2, 0) is 5.41 Å². The molecule has 90 valence electrons. The van der Waals surface area contributed by atoms with Crippen molar-refractivity contribution in [3.8, 4) is 0 Å². The molecule has 0 heterocycles. The quantitative estimate of drug-likeness (QED) is 0.876. The summed E-state index contributed by atoms with van der Waals surface area (Å²) in [5, 5.41) is 10.3. The lowest BCUT2D eigenvalue weighted by molar-refractivity contribution is 0.175. The highest BCUT2D eigenvalue weighted by Crippen LogP contribution is 2.34. The van der Waals surface area contributed by atoms with Gasteiger partial charge in [-0.15, -0.1) is 0 Å². The van der Waals surface area contributed by atoms with E-state index in [0.29, 0.717) is 16.6 Å². The molecule has 0 bridgehead atoms. The van der Waals surface area contributed by atoms with Gasteiger partial charge in [-0.05, 0) is 23.6 Å². The van der Waals surface area contributed by atoms with E-state index in [9.17, 15) is 5.11 Å². The first-order valence-electron chi connectivity index (χ1n) is 5.22. The van der Waals surface area contributed by atoms with Crippen LogP contribution in [-0.4, -0.2) is 18.3 Å². The Morgan fingerprint density at radius 3 is 2.44 bits per heavy atom. The summed E-state index contributed by atoms with van der Waals surface area (Å²) < 4.78 is 0. The maximum atomic E-state index is 9.27. The molecule has 16 heavy (non-hydrogen) atoms. The van der Waals surface area contributed by atoms with Crippen LogP contribution in [0.5, 0.6) is 0 Å². The van der Waals surface area contributed by atoms with Crippen LogP contribution in [0, 0.1) is 5.92 Å². The van der Waals surface area contributed by atoms with Gasteiger partial charge in [-0.3, -0.25) is 0 Å². The van der Waals surface area contributed by atoms with Crippen LogP contribution in [0.3, 0.4) is 0 Å². The molecular formula is C12H17Cl2NO. The van der Waals surface area contributed by atoms with E-state index in [-0.39, 0.29) is 17.9 Å². The normalized spacial score (nSPS) is 16.9. The van der Waals surface area contributed by atoms with E-state index in [2.05, 4.69) is 0 Å². The lowest BCUT2D eigenvalue weighted by Crippen LogP contribution is -2.39. The Labute approximate surface area is 106 Å². The smallest absolute Gasteiger partial charge is 0.0595 e. The predicted molar refractivity (Wildman–Crippen MR) is 69.1 cm³/mol. The largest absolute Gasteiger partial charge is 0.396 e. The highest BCUT2D eigenvalue weighted by Gasteiger charge is 2.31. The van der Waals surface area contributed by atoms with Crippen LogP contribution in [0.25, 0.3) is 0 Å². The minimum Gasteiger partial charge on any atom is -0.396 e. The van der Waals surface area contributed by atoms with Gasteiger partial charge in [0, 0.05) is 18.6 Å². The maximum Gasteiger partial charge on any atom is 0.0595 e. The molecule has 0 aliphatic carbocycles. The predicted octanol–water partition coefficient (Wildman–Crippen LogP) is 2.84. The van der Waals surface area contributed by atoms with E-state index in [0.717, 1.165) is 5.56 Å². The standard InChI is InChI=1S/C12H17Cl2NO/c1-8(6-16)12(2,7-15)9-3-4-10(13)11(14)5-9/h3-5,8,16H,6-7,15H2,1-2H3/t8-,12+/m1/s1. The molecule has 0 aliphatic rings. The van der Waals surface area contributed by atoms with Crippen molar-refractivity contribution in [1.29, 1.82) is 0 Å². The van der Waals surface area contributed by atoms with Crippen molar-refractivity contribution in [1.82, 2.24) is 0 Å². The van der Waals surface area contributed by atoms with Crippen LogP contribution >= 0.6 is 23.2 Å². The molecule has 0 unspecified atom stereocenters. The van der Waals surface area contributed by atoms with E-state index in [4.69, 9.17) is 28.9 Å². The number of rotatable bonds is 4. The molecule has 0 saturated carbocycles. The molecule has 0 radical (unpaired) electrons. The van der Waals surface area contributed by atoms with Crippen LogP contribution in [0.1, 0.15) is 19.4 Å². The van der Waals surface area contributed by atoms with Crippen molar-refractivity contribution in [3.63, 3.8) is 0 Å². The molecule has 0 fully saturated rings. The van der Waals surface area contributed by atoms with Crippen LogP contribution < -0.4 is 5.73 Å². The average molecular weight is 262 g/mol. The van der Waals surface area contributed by atoms with Gasteiger partial charge < -0.3 is 10.8 Å². The summed E-state index contributed by atoms with van der Waals surface area (Å²) in [5.74, 6) is 0.0646. The van der Waals surface area contributed by atoms with Gasteiger partial charge in [-0.2, -0.15) is 0 Å². The van der Waals surface area contributed by atoms with Gasteiger partial charge in [-0.1, -0.05) is 43.1 Å². The number of hydrogen-bond acceptors (Lipinski definition) is 2. The molecule has 1 aromatic carbocycles. The van der Waals surface area contributed by atoms with Crippen molar-refractivity contribution < 1.29 is 5.11 Å². The summed E-state index contributed by atoms with van der Waals surface area (Å²) in [6.07, 6.45) is 0. The number of aliphatic hydroxyl groups is 1. The first-order chi connectivity index (χ1) is 7.45. The highest BCUT2D eigenvalue weighted by atomic mass is 35.5. The summed E-state index contributed by atoms with van der Waals surface area (Å²) in [6.45, 7) is 4.53. The third-order valence-corrected chi connectivity index (χ3v) is 4.10. The minimum atomic E-state index is -0.289. The molecule has 0 aliphatic heterocycles. The molecular weight excluding hydrogens is 245 g/mol. The zero-order chi connectivity index (χ0) is 12.3. The van der Waals surface area contributed by atoms with Gasteiger partial charge in [-0.25, -0.2) is 0 Å². The number of nitrogens with two attached hydrogens (primary N) is 1. The van der Waals surface area contributed by atoms with Crippen LogP contribution in [0.4, 0.5) is 0 Å². The number of halogens is 2. The monoisotopic (exact) mass is 261 g/mol. The topological polar surface area (TPSA) is 46.2 Å². The van der Waals surface area contributed by atoms with Crippen molar-refractivity contribution in [2.75, 3.05) is 13.2 Å². The van der Waals surface area contributed by atoms with E-state index >= 15 is 0 Å². The van der Waals surface area contributed by atoms with E-state index < -0.39 is 0 Å². The molecule has 3 N–H and O–H groups in total. The SMILES string of the molecule is C[C@H](CO)[C@](C)(CN)c1ccc(Cl)c(Cl)c1. The molecule has 2 atom stereocenters. The molecule has 0 aromatic heterocycles. The maximum absolute atomic E-state index is 9.27. The molecule has 0 saturated heterocycles. The van der Waals surface area contributed by atoms with E-state index in [1.807, 2.05) is 26.0 Å². The van der Waals surface area contributed by atoms with Gasteiger partial charge in [0.15, 0.2) is 0 Å². The Bertz CT molecular complexity index is 370. The minimum absolute atomic E-state index is 0.0646. The van der Waals surface area contributed by atoms with Crippen molar-refractivity contribution >= 4 is 23.2 Å². The molecule has 4 heteroatoms. The third-order valence-electron chi connectivity index (χ3n) is 3.36. The summed E-state index contributed by atoms with van der Waals surface area (Å²) in [6, 6.07) is 5.49. The van der Waals surface area contributed by atoms with Gasteiger partial charge in [0.1, 0.15) is 0 Å². The summed E-state index contributed by atoms with van der Waals surface area (Å²) in [7, 11) is 0. The second kappa shape index (κ2) is 5.37. The van der Waals surface area contributed by atoms with Gasteiger partial charge in [0.05, 0.1) is 10.0 Å². The Hall–Kier alpha value is -0.280. The fourth-order valence-electron chi connectivity index (χ4n) is 1.66. The lowest BCUT2D eigenvalue weighted by Gasteiger charge is -2.34. The zero-order valence-electron chi connectivity index (χ0n) is 9.50. The zero-order valence-corrected chi connectivity index (χ0v) is 11.0. The van der Waals surface area contributed by atoms with Crippen LogP contribution in [0.15, 0.2) is 18.2 Å². The second-order valence-electron chi connectivity index (χ2n) is 4.33. The Morgan fingerprint density at radius 2 is 2.00 bits per heavy atom. The van der Waals surface area contributed by atoms with E-state index in [1.165, 1.54) is 0 Å². The first kappa shape index (κ1) is 13.8. The lowest BCUT2D eigenvalue weighted by atomic mass is 9.73. The van der Waals surface area contributed by atoms with Crippen molar-refractivity contribution in [3.05, 3.63) is 33.8 Å². The molecule has 1 aromatic rings. The van der Waals surface area contributed by atoms with E-state index in [1.54, 1.807) is 6.07 Å². The summed E-state index contributed by atoms with van der Waals surface area (Å²) >= 11 is 11.9. The van der Waals surface area contributed by atoms with Gasteiger partial charge in [0.25, 0.3) is 0 Å². The second-order valence-corrected chi connectivity index (χ2v) is 5.15. The van der Waals surface area contributed by atoms with Gasteiger partial charge in [0.2, 0.25) is 0 Å². The number of aliphatic hydroxyl groups excluding tert-OH is 1. The van der Waals surface area contributed by atoms with Gasteiger partial charge >= 0.3 is 0 Å². The van der Waals surface area contributed by atoms with Crippen LogP contribution in [0.2, 0.25) is 10.0 Å². The van der Waals surface area contributed by atoms with Crippen molar-refractivity contribution in [2.24, 2.45) is 11.7 Å². The Balaban J connectivity index is 3.17. The highest BCUT2D eigenvalue weighted by molar-refractivity contribution is 6.42. The molecule has 0 amide bonds.